The quantitative estimate of drug-likeness (QED) is 0.163. The van der Waals surface area contributed by atoms with Gasteiger partial charge in [-0.3, -0.25) is 0 Å². The van der Waals surface area contributed by atoms with Crippen LogP contribution in [-0.2, 0) is 0 Å². The first kappa shape index (κ1) is 32.3. The molecule has 7 aromatic carbocycles. The molecule has 0 aliphatic carbocycles. The van der Waals surface area contributed by atoms with Gasteiger partial charge in [0, 0.05) is 10.8 Å². The summed E-state index contributed by atoms with van der Waals surface area (Å²) in [6.07, 6.45) is 8.19. The molecule has 8 aromatic rings. The second-order valence-electron chi connectivity index (χ2n) is 12.4. The van der Waals surface area contributed by atoms with Crippen LogP contribution in [0, 0.1) is 0 Å². The third-order valence-electron chi connectivity index (χ3n) is 9.20. The Balaban J connectivity index is 1.38. The molecule has 0 aliphatic heterocycles. The van der Waals surface area contributed by atoms with Gasteiger partial charge >= 0.3 is 11.3 Å². The number of fused-ring (bicyclic) bond motifs is 8. The summed E-state index contributed by atoms with van der Waals surface area (Å²) in [6.45, 7) is 0. The minimum absolute atomic E-state index is 0.134. The van der Waals surface area contributed by atoms with Crippen LogP contribution in [0.25, 0.3) is 78.6 Å². The molecule has 0 N–H and O–H groups in total. The van der Waals surface area contributed by atoms with Gasteiger partial charge in [0.15, 0.2) is 0 Å². The lowest BCUT2D eigenvalue weighted by Crippen LogP contribution is -2.03. The number of benzene rings is 7. The molecular weight excluding hydrogens is 648 g/mol. The number of ether oxygens (including phenoxy) is 2. The van der Waals surface area contributed by atoms with E-state index in [1.165, 1.54) is 0 Å². The summed E-state index contributed by atoms with van der Waals surface area (Å²) in [5, 5.41) is 5.12. The topological polar surface area (TPSA) is 78.9 Å². The van der Waals surface area contributed by atoms with E-state index in [1.54, 1.807) is 38.5 Å². The van der Waals surface area contributed by atoms with E-state index in [9.17, 15) is 9.59 Å². The predicted molar refractivity (Wildman–Crippen MR) is 213 cm³/mol. The molecular formula is C46H32O6. The van der Waals surface area contributed by atoms with Crippen LogP contribution >= 0.6 is 0 Å². The van der Waals surface area contributed by atoms with Gasteiger partial charge in [-0.2, -0.15) is 0 Å². The summed E-state index contributed by atoms with van der Waals surface area (Å²) >= 11 is 0. The zero-order valence-electron chi connectivity index (χ0n) is 28.5. The van der Waals surface area contributed by atoms with Gasteiger partial charge in [0.25, 0.3) is 0 Å². The molecule has 0 radical (unpaired) electrons. The van der Waals surface area contributed by atoms with Crippen molar-refractivity contribution in [3.05, 3.63) is 177 Å². The fourth-order valence-corrected chi connectivity index (χ4v) is 6.51. The normalized spacial score (nSPS) is 11.7. The van der Waals surface area contributed by atoms with Gasteiger partial charge in [0.05, 0.1) is 25.0 Å². The smallest absolute Gasteiger partial charge is 0.344 e. The highest BCUT2D eigenvalue weighted by atomic mass is 16.5. The summed E-state index contributed by atoms with van der Waals surface area (Å²) in [5.74, 6) is 1.60. The minimum atomic E-state index is -0.637. The van der Waals surface area contributed by atoms with Gasteiger partial charge in [-0.05, 0) is 104 Å². The van der Waals surface area contributed by atoms with E-state index < -0.39 is 11.3 Å². The minimum Gasteiger partial charge on any atom is -0.497 e. The van der Waals surface area contributed by atoms with Crippen molar-refractivity contribution in [2.45, 2.75) is 0 Å². The average Bonchev–Trinajstić information content (AvgIpc) is 3.19. The summed E-state index contributed by atoms with van der Waals surface area (Å²) in [7, 11) is 3.30. The Labute approximate surface area is 298 Å². The number of methoxy groups -OCH3 is 2. The highest BCUT2D eigenvalue weighted by Gasteiger charge is 2.13. The van der Waals surface area contributed by atoms with E-state index in [0.717, 1.165) is 55.3 Å². The van der Waals surface area contributed by atoms with Crippen molar-refractivity contribution in [2.24, 2.45) is 0 Å². The van der Waals surface area contributed by atoms with Crippen LogP contribution < -0.4 is 20.7 Å². The maximum Gasteiger partial charge on any atom is 0.344 e. The van der Waals surface area contributed by atoms with Crippen molar-refractivity contribution < 1.29 is 18.3 Å². The Hall–Kier alpha value is -6.92. The van der Waals surface area contributed by atoms with E-state index in [0.29, 0.717) is 21.9 Å². The van der Waals surface area contributed by atoms with E-state index in [-0.39, 0.29) is 10.8 Å². The lowest BCUT2D eigenvalue weighted by Gasteiger charge is -2.09. The van der Waals surface area contributed by atoms with E-state index in [2.05, 4.69) is 24.3 Å². The van der Waals surface area contributed by atoms with E-state index >= 15 is 0 Å². The first-order valence-electron chi connectivity index (χ1n) is 16.8. The Morgan fingerprint density at radius 3 is 1.21 bits per heavy atom. The zero-order valence-corrected chi connectivity index (χ0v) is 28.5. The molecule has 252 valence electrons. The molecule has 0 amide bonds. The molecule has 0 bridgehead atoms. The van der Waals surface area contributed by atoms with Gasteiger partial charge in [0.1, 0.15) is 22.7 Å². The number of hydrogen-bond donors (Lipinski definition) is 0. The second kappa shape index (κ2) is 13.8. The van der Waals surface area contributed by atoms with E-state index in [1.807, 2.05) is 109 Å². The monoisotopic (exact) mass is 680 g/mol. The van der Waals surface area contributed by atoms with Crippen LogP contribution in [0.1, 0.15) is 22.3 Å². The Kier molecular flexibility index (Phi) is 8.55. The molecule has 1 heterocycles. The molecule has 0 saturated carbocycles. The van der Waals surface area contributed by atoms with Gasteiger partial charge in [-0.25, -0.2) is 9.59 Å². The molecule has 0 atom stereocenters. The first-order chi connectivity index (χ1) is 25.5. The highest BCUT2D eigenvalue weighted by Crippen LogP contribution is 2.35. The fourth-order valence-electron chi connectivity index (χ4n) is 6.51. The van der Waals surface area contributed by atoms with E-state index in [4.69, 9.17) is 18.3 Å². The zero-order chi connectivity index (χ0) is 35.6. The second-order valence-corrected chi connectivity index (χ2v) is 12.4. The van der Waals surface area contributed by atoms with Crippen molar-refractivity contribution in [3.8, 4) is 11.5 Å². The maximum absolute atomic E-state index is 13.7. The van der Waals surface area contributed by atoms with Crippen LogP contribution in [-0.4, -0.2) is 14.2 Å². The van der Waals surface area contributed by atoms with Crippen molar-refractivity contribution in [1.82, 2.24) is 0 Å². The van der Waals surface area contributed by atoms with Gasteiger partial charge < -0.3 is 18.3 Å². The predicted octanol–water partition coefficient (Wildman–Crippen LogP) is 10.8. The summed E-state index contributed by atoms with van der Waals surface area (Å²) in [6, 6.07) is 42.0. The highest BCUT2D eigenvalue weighted by molar-refractivity contribution is 6.24. The lowest BCUT2D eigenvalue weighted by atomic mass is 9.96. The first-order valence-corrected chi connectivity index (χ1v) is 16.8. The molecule has 1 aromatic heterocycles. The molecule has 0 unspecified atom stereocenters. The molecule has 6 nitrogen and oxygen atoms in total. The summed E-state index contributed by atoms with van der Waals surface area (Å²) in [5.41, 5.74) is 3.52. The number of hydrogen-bond acceptors (Lipinski definition) is 6. The standard InChI is InChI=1S/C46H32O6/c1-49-35-19-11-29(12-20-35)7-9-31-15-23-37-33(27-31)17-25-41-43(37)44-38-24-16-32(10-8-30-13-21-36(50-2)22-14-30)28-34(38)18-26-42(44)52-46(48)40-6-4-3-5-39(40)45(47)51-41/h3-28H,1-2H3/b9-7-,10-8-. The van der Waals surface area contributed by atoms with Gasteiger partial charge in [0.2, 0.25) is 0 Å². The van der Waals surface area contributed by atoms with Crippen molar-refractivity contribution in [1.29, 1.82) is 0 Å². The van der Waals surface area contributed by atoms with Crippen molar-refractivity contribution in [2.75, 3.05) is 14.2 Å². The largest absolute Gasteiger partial charge is 0.497 e. The third-order valence-corrected chi connectivity index (χ3v) is 9.20. The molecule has 0 spiro atoms. The molecule has 0 saturated heterocycles. The number of rotatable bonds is 6. The maximum atomic E-state index is 13.7. The third kappa shape index (κ3) is 6.30. The Morgan fingerprint density at radius 2 is 0.808 bits per heavy atom. The average molecular weight is 681 g/mol. The Morgan fingerprint density at radius 1 is 0.423 bits per heavy atom. The molecule has 52 heavy (non-hydrogen) atoms. The van der Waals surface area contributed by atoms with Gasteiger partial charge in [-0.15, -0.1) is 0 Å². The van der Waals surface area contributed by atoms with Crippen LogP contribution in [0.5, 0.6) is 11.5 Å². The molecule has 6 heteroatoms. The Bertz CT molecular complexity index is 2690. The SMILES string of the molecule is COc1ccc(/C=C\c2ccc3c(ccc4oc(=O)c5ccccc5c(=O)oc5ccc6cc(/C=C\c7ccc(OC)cc7)ccc6c5c43)c2)cc1. The molecule has 8 rings (SSSR count). The molecule has 0 fully saturated rings. The summed E-state index contributed by atoms with van der Waals surface area (Å²) in [4.78, 5) is 27.3. The van der Waals surface area contributed by atoms with Crippen LogP contribution in [0.4, 0.5) is 0 Å². The van der Waals surface area contributed by atoms with Crippen LogP contribution in [0.3, 0.4) is 0 Å². The van der Waals surface area contributed by atoms with Gasteiger partial charge in [-0.1, -0.05) is 97.1 Å². The van der Waals surface area contributed by atoms with Crippen molar-refractivity contribution >= 4 is 78.6 Å². The molecule has 0 aliphatic rings. The lowest BCUT2D eigenvalue weighted by molar-refractivity contribution is 0.414. The van der Waals surface area contributed by atoms with Crippen LogP contribution in [0.2, 0.25) is 0 Å². The fraction of sp³-hybridized carbons (Fsp3) is 0.0435. The van der Waals surface area contributed by atoms with Crippen molar-refractivity contribution in [3.63, 3.8) is 0 Å². The summed E-state index contributed by atoms with van der Waals surface area (Å²) < 4.78 is 22.9. The van der Waals surface area contributed by atoms with Crippen LogP contribution in [0.15, 0.2) is 152 Å².